The number of oxazole rings is 3. The molecule has 8 unspecified atom stereocenters. The number of methoxy groups -OCH3 is 3. The minimum atomic E-state index is -1.14. The number of aliphatic carboxylic acids is 1. The number of ether oxygens (including phenoxy) is 10. The summed E-state index contributed by atoms with van der Waals surface area (Å²) in [5.74, 6) is -5.32. The first-order valence-electron chi connectivity index (χ1n) is 46.0. The Labute approximate surface area is 817 Å². The summed E-state index contributed by atoms with van der Waals surface area (Å²) in [6.07, 6.45) is 8.64. The molecule has 11 rings (SSSR count). The summed E-state index contributed by atoms with van der Waals surface area (Å²) in [7, 11) is 3.78. The zero-order valence-electron chi connectivity index (χ0n) is 80.4. The van der Waals surface area contributed by atoms with Gasteiger partial charge in [-0.15, -0.1) is 0 Å². The summed E-state index contributed by atoms with van der Waals surface area (Å²) in [5.41, 5.74) is 5.80. The van der Waals surface area contributed by atoms with Gasteiger partial charge in [-0.25, -0.2) is 44.1 Å². The number of pyridine rings is 1. The number of anilines is 1. The van der Waals surface area contributed by atoms with Crippen LogP contribution >= 0.6 is 0 Å². The van der Waals surface area contributed by atoms with Gasteiger partial charge >= 0.3 is 65.7 Å². The van der Waals surface area contributed by atoms with E-state index in [1.807, 2.05) is 200 Å². The summed E-state index contributed by atoms with van der Waals surface area (Å²) < 4.78 is 65.2. The second kappa shape index (κ2) is 65.3. The number of aliphatic imine (C=N–C) groups is 1. The largest absolute Gasteiger partial charge is 0.481 e. The number of carboxylic acid groups (broad SMARTS) is 2. The van der Waals surface area contributed by atoms with Crippen LogP contribution < -0.4 is 16.0 Å². The molecule has 0 bridgehead atoms. The number of rotatable bonds is 48. The van der Waals surface area contributed by atoms with E-state index in [0.29, 0.717) is 89.5 Å². The number of aliphatic hydroxyl groups excluding tert-OH is 1. The van der Waals surface area contributed by atoms with Crippen molar-refractivity contribution in [1.82, 2.24) is 30.6 Å². The predicted molar refractivity (Wildman–Crippen MR) is 513 cm³/mol. The van der Waals surface area contributed by atoms with Crippen LogP contribution in [0.1, 0.15) is 224 Å². The zero-order chi connectivity index (χ0) is 102. The monoisotopic (exact) mass is 1950 g/mol. The number of carbonyl (C=O) groups is 13. The van der Waals surface area contributed by atoms with E-state index in [-0.39, 0.29) is 159 Å². The lowest BCUT2D eigenvalue weighted by atomic mass is 9.92. The molecule has 0 radical (unpaired) electrons. The average molecular weight is 1950 g/mol. The lowest BCUT2D eigenvalue weighted by molar-refractivity contribution is -0.147. The van der Waals surface area contributed by atoms with E-state index in [1.165, 1.54) is 33.9 Å². The van der Waals surface area contributed by atoms with Crippen molar-refractivity contribution >= 4 is 89.2 Å². The number of carbonyl (C=O) groups excluding carboxylic acids is 11. The quantitative estimate of drug-likeness (QED) is 0.0117. The van der Waals surface area contributed by atoms with Crippen LogP contribution in [-0.4, -0.2) is 218 Å². The number of aromatic nitrogens is 4. The zero-order valence-corrected chi connectivity index (χ0v) is 80.4. The fourth-order valence-electron chi connectivity index (χ4n) is 14.0. The minimum Gasteiger partial charge on any atom is -0.481 e. The Kier molecular flexibility index (Phi) is 52.8. The molecule has 1 aliphatic rings. The number of amides is 2. The van der Waals surface area contributed by atoms with Crippen LogP contribution in [0.5, 0.6) is 0 Å². The van der Waals surface area contributed by atoms with Gasteiger partial charge in [-0.05, 0) is 93.5 Å². The topological polar surface area (TPSA) is 514 Å². The first-order valence-corrected chi connectivity index (χ1v) is 46.0. The Morgan fingerprint density at radius 2 is 0.745 bits per heavy atom. The molecule has 0 fully saturated rings. The Balaban J connectivity index is 0.000000262. The Morgan fingerprint density at radius 3 is 1.09 bits per heavy atom. The molecule has 37 heteroatoms. The number of carboxylic acids is 2. The van der Waals surface area contributed by atoms with E-state index < -0.39 is 60.4 Å². The van der Waals surface area contributed by atoms with Crippen molar-refractivity contribution in [2.45, 2.75) is 173 Å². The van der Waals surface area contributed by atoms with Crippen LogP contribution in [0.3, 0.4) is 0 Å². The third-order valence-electron chi connectivity index (χ3n) is 20.8. The fourth-order valence-corrected chi connectivity index (χ4v) is 14.0. The van der Waals surface area contributed by atoms with Crippen molar-refractivity contribution in [3.63, 3.8) is 0 Å². The van der Waals surface area contributed by atoms with E-state index >= 15 is 0 Å². The third-order valence-corrected chi connectivity index (χ3v) is 20.8. The van der Waals surface area contributed by atoms with Crippen molar-refractivity contribution in [2.75, 3.05) is 92.6 Å². The van der Waals surface area contributed by atoms with Crippen LogP contribution in [0.4, 0.5) is 5.82 Å². The highest BCUT2D eigenvalue weighted by atomic mass is 16.6. The number of benzene rings is 6. The molecule has 1 aliphatic heterocycles. The lowest BCUT2D eigenvalue weighted by Crippen LogP contribution is -2.44. The van der Waals surface area contributed by atoms with Crippen molar-refractivity contribution in [3.05, 3.63) is 293 Å². The van der Waals surface area contributed by atoms with Gasteiger partial charge in [0.2, 0.25) is 5.91 Å². The van der Waals surface area contributed by atoms with E-state index in [2.05, 4.69) is 55.1 Å². The molecule has 8 atom stereocenters. The predicted octanol–water partition coefficient (Wildman–Crippen LogP) is 14.0. The number of hydrogen-bond donors (Lipinski definition) is 6. The maximum atomic E-state index is 12.4. The standard InChI is InChI=1S/C24H28N4O4.C17H23NO6.C17H21NO5.C17H19NO5.C16H17NO5.C13H16O4/c1-2-31-23(29)16-19(18-9-4-3-5-10-18)15-22-28-20(17-32-22)24(30)27-14-8-13-26-21-11-6-7-12-25-21;1-3-24-16(21)10-13(12-7-5-4-6-8-12)9-15(20)18-14(11-19)17(22)23-2;2*1-3-22-16(19)10-13(12-7-5-4-6-8-12)9-15-18-14(11-23-15)17(20)21-2;1-2-21-15(18)9-12(11-6-4-3-5-7-11)8-14-17-13(10-22-14)16(19)20;1-2-17-13(16)9-11(8-12(14)15)10-6-4-3-5-7-10/h3-7,9-12,17,19H,2,8,13-16H2,1H3,(H,25,26)(H,27,30);4-8,13-14,19H,3,9-11H2,1-2H3,(H,18,20);4-8,13-14H,3,9-11H2,1-2H3;4-8,11,13H,3,9-10H2,1-2H3;3-7,10,12H,2,8-9H2,1H3,(H,19,20);3-7,11H,2,8-9H2,1H3,(H,14,15). The van der Waals surface area contributed by atoms with Gasteiger partial charge in [0, 0.05) is 86.9 Å². The van der Waals surface area contributed by atoms with Gasteiger partial charge in [0.1, 0.15) is 31.2 Å². The molecule has 10 aromatic rings. The summed E-state index contributed by atoms with van der Waals surface area (Å²) in [6, 6.07) is 60.6. The Hall–Kier alpha value is -15.6. The molecule has 37 nitrogen and oxygen atoms in total. The number of aromatic carboxylic acids is 1. The Bertz CT molecular complexity index is 5460. The van der Waals surface area contributed by atoms with Crippen molar-refractivity contribution in [2.24, 2.45) is 4.99 Å². The summed E-state index contributed by atoms with van der Waals surface area (Å²) >= 11 is 0. The maximum Gasteiger partial charge on any atom is 0.360 e. The van der Waals surface area contributed by atoms with Crippen molar-refractivity contribution in [3.8, 4) is 0 Å². The molecule has 5 heterocycles. The van der Waals surface area contributed by atoms with E-state index in [9.17, 15) is 62.3 Å². The number of nitrogens with zero attached hydrogens (tertiary/aromatic N) is 5. The van der Waals surface area contributed by atoms with E-state index in [0.717, 1.165) is 51.9 Å². The minimum absolute atomic E-state index is 0.0175. The second-order valence-corrected chi connectivity index (χ2v) is 30.9. The maximum absolute atomic E-state index is 12.4. The Morgan fingerprint density at radius 1 is 0.397 bits per heavy atom. The molecule has 6 N–H and O–H groups in total. The highest BCUT2D eigenvalue weighted by Gasteiger charge is 2.32. The molecule has 0 spiro atoms. The van der Waals surface area contributed by atoms with Gasteiger partial charge in [-0.2, -0.15) is 0 Å². The van der Waals surface area contributed by atoms with Crippen LogP contribution in [0.2, 0.25) is 0 Å². The van der Waals surface area contributed by atoms with Gasteiger partial charge in [-0.3, -0.25) is 43.2 Å². The van der Waals surface area contributed by atoms with Crippen LogP contribution in [0.15, 0.2) is 243 Å². The van der Waals surface area contributed by atoms with E-state index in [1.54, 1.807) is 47.7 Å². The highest BCUT2D eigenvalue weighted by molar-refractivity contribution is 5.92. The smallest absolute Gasteiger partial charge is 0.360 e. The molecule has 4 aromatic heterocycles. The van der Waals surface area contributed by atoms with Gasteiger partial charge in [0.25, 0.3) is 5.91 Å². The van der Waals surface area contributed by atoms with Gasteiger partial charge < -0.3 is 91.9 Å². The van der Waals surface area contributed by atoms with E-state index in [4.69, 9.17) is 61.7 Å². The second-order valence-electron chi connectivity index (χ2n) is 30.9. The molecule has 754 valence electrons. The molecule has 141 heavy (non-hydrogen) atoms. The average Bonchev–Trinajstić information content (AvgIpc) is 1.72. The molecule has 0 saturated carbocycles. The summed E-state index contributed by atoms with van der Waals surface area (Å²) in [6.45, 7) is 13.3. The number of esters is 9. The number of hydrogen-bond acceptors (Lipinski definition) is 33. The molecular formula is C104H124N8O29. The number of aliphatic hydroxyl groups is 1. The van der Waals surface area contributed by atoms with Crippen molar-refractivity contribution < 1.29 is 138 Å². The third kappa shape index (κ3) is 43.8. The fraction of sp³-hybridized carbons (Fsp3) is 0.385. The number of nitrogens with one attached hydrogen (secondary N) is 3. The highest BCUT2D eigenvalue weighted by Crippen LogP contribution is 2.32. The molecular weight excluding hydrogens is 1830 g/mol. The first-order chi connectivity index (χ1) is 68.2. The van der Waals surface area contributed by atoms with Crippen LogP contribution in [0.25, 0.3) is 0 Å². The molecule has 2 amide bonds. The normalized spacial score (nSPS) is 12.9. The molecule has 6 aromatic carbocycles. The van der Waals surface area contributed by atoms with Gasteiger partial charge in [0.05, 0.1) is 113 Å². The van der Waals surface area contributed by atoms with Gasteiger partial charge in [0.15, 0.2) is 52.7 Å². The van der Waals surface area contributed by atoms with Crippen molar-refractivity contribution in [1.29, 1.82) is 0 Å². The molecule has 0 aliphatic carbocycles. The van der Waals surface area contributed by atoms with Gasteiger partial charge in [-0.1, -0.05) is 188 Å². The summed E-state index contributed by atoms with van der Waals surface area (Å²) in [5, 5.41) is 35.3. The lowest BCUT2D eigenvalue weighted by Gasteiger charge is -2.19. The first kappa shape index (κ1) is 114. The van der Waals surface area contributed by atoms with Crippen LogP contribution in [0, 0.1) is 0 Å². The SMILES string of the molecule is CCOC(=O)CC(CC(=O)NC(CO)C(=O)OC)c1ccccc1.CCOC(=O)CC(CC(=O)O)c1ccccc1.CCOC(=O)CC(CC1=NC(C(=O)OC)CO1)c1ccccc1.CCOC(=O)CC(Cc1nc(C(=O)NCCCNc2ccccn2)co1)c1ccccc1.CCOC(=O)CC(Cc1nc(C(=O)O)co1)c1ccccc1.CCOC(=O)CC(Cc1nc(C(=O)OC)co1)c1ccccc1. The molecule has 0 saturated heterocycles. The summed E-state index contributed by atoms with van der Waals surface area (Å²) in [4.78, 5) is 172. The van der Waals surface area contributed by atoms with Crippen LogP contribution in [-0.2, 0) is 115 Å².